The Labute approximate surface area is 182 Å². The Morgan fingerprint density at radius 1 is 0.963 bits per heavy atom. The molecule has 0 aliphatic carbocycles. The second-order valence-corrected chi connectivity index (χ2v) is 5.32. The van der Waals surface area contributed by atoms with Crippen LogP contribution in [0.15, 0.2) is 36.6 Å². The van der Waals surface area contributed by atoms with Crippen LogP contribution in [0.1, 0.15) is 52.9 Å². The average molecular weight is 387 g/mol. The summed E-state index contributed by atoms with van der Waals surface area (Å²) >= 11 is 0. The summed E-state index contributed by atoms with van der Waals surface area (Å²) in [7, 11) is 0. The van der Waals surface area contributed by atoms with E-state index in [0.29, 0.717) is 17.7 Å². The van der Waals surface area contributed by atoms with E-state index in [1.165, 1.54) is 6.08 Å². The van der Waals surface area contributed by atoms with Gasteiger partial charge in [-0.1, -0.05) is 44.2 Å². The second kappa shape index (κ2) is 16.5. The molecule has 0 fully saturated rings. The zero-order valence-corrected chi connectivity index (χ0v) is 18.5. The summed E-state index contributed by atoms with van der Waals surface area (Å²) in [4.78, 5) is 48.9. The van der Waals surface area contributed by atoms with Crippen LogP contribution in [0.4, 0.5) is 0 Å². The van der Waals surface area contributed by atoms with Gasteiger partial charge in [-0.15, -0.1) is 0 Å². The maximum Gasteiger partial charge on any atom is 1.00 e. The van der Waals surface area contributed by atoms with Crippen molar-refractivity contribution < 1.29 is 58.6 Å². The SMILES string of the molecule is C/C=C/OC(=O)C(CC(=O)[O-])N(C(=O)C/C=C/CC)C(=O)C/C=C/CC.[Na+]. The van der Waals surface area contributed by atoms with Gasteiger partial charge in [-0.25, -0.2) is 4.79 Å². The maximum absolute atomic E-state index is 12.5. The van der Waals surface area contributed by atoms with E-state index in [-0.39, 0.29) is 42.4 Å². The minimum absolute atomic E-state index is 0. The van der Waals surface area contributed by atoms with E-state index in [9.17, 15) is 24.3 Å². The summed E-state index contributed by atoms with van der Waals surface area (Å²) in [5.74, 6) is -3.92. The molecule has 144 valence electrons. The van der Waals surface area contributed by atoms with E-state index < -0.39 is 36.2 Å². The Morgan fingerprint density at radius 2 is 1.44 bits per heavy atom. The molecule has 0 aromatic carbocycles. The van der Waals surface area contributed by atoms with Crippen LogP contribution in [0.2, 0.25) is 0 Å². The third-order valence-corrected chi connectivity index (χ3v) is 3.19. The smallest absolute Gasteiger partial charge is 0.550 e. The van der Waals surface area contributed by atoms with Crippen LogP contribution in [0, 0.1) is 0 Å². The van der Waals surface area contributed by atoms with Crippen LogP contribution in [0.5, 0.6) is 0 Å². The second-order valence-electron chi connectivity index (χ2n) is 5.32. The molecule has 1 unspecified atom stereocenters. The summed E-state index contributed by atoms with van der Waals surface area (Å²) in [5.41, 5.74) is 0. The fraction of sp³-hybridized carbons (Fsp3) is 0.474. The zero-order valence-electron chi connectivity index (χ0n) is 16.5. The number of amides is 2. The standard InChI is InChI=1S/C19H27NO6.Na/c1-4-7-9-11-16(21)20(17(22)12-10-8-5-2)15(14-18(23)24)19(25)26-13-6-3;/h6-10,13,15H,4-5,11-12,14H2,1-3H3,(H,23,24);/q;+1/p-1/b9-7+,10-8+,13-6+;. The summed E-state index contributed by atoms with van der Waals surface area (Å²) < 4.78 is 4.79. The summed E-state index contributed by atoms with van der Waals surface area (Å²) in [6.07, 6.45) is 9.42. The van der Waals surface area contributed by atoms with E-state index in [0.717, 1.165) is 6.26 Å². The number of allylic oxidation sites excluding steroid dienone is 3. The number of carboxylic acids is 1. The molecule has 0 saturated carbocycles. The number of ether oxygens (including phenoxy) is 1. The van der Waals surface area contributed by atoms with Gasteiger partial charge >= 0.3 is 35.5 Å². The van der Waals surface area contributed by atoms with Gasteiger partial charge in [0.1, 0.15) is 6.04 Å². The van der Waals surface area contributed by atoms with Crippen LogP contribution in [0.3, 0.4) is 0 Å². The number of carbonyl (C=O) groups is 4. The Hall–Kier alpha value is -1.70. The van der Waals surface area contributed by atoms with Crippen molar-refractivity contribution in [2.45, 2.75) is 58.9 Å². The van der Waals surface area contributed by atoms with Gasteiger partial charge in [-0.3, -0.25) is 14.5 Å². The molecule has 0 N–H and O–H groups in total. The van der Waals surface area contributed by atoms with E-state index in [2.05, 4.69) is 0 Å². The van der Waals surface area contributed by atoms with Gasteiger partial charge in [0, 0.05) is 25.2 Å². The Bertz CT molecular complexity index is 555. The quantitative estimate of drug-likeness (QED) is 0.188. The Kier molecular flexibility index (Phi) is 16.8. The largest absolute Gasteiger partial charge is 1.00 e. The molecule has 0 spiro atoms. The zero-order chi connectivity index (χ0) is 19.9. The van der Waals surface area contributed by atoms with Crippen LogP contribution in [-0.2, 0) is 23.9 Å². The number of carboxylic acid groups (broad SMARTS) is 1. The first-order chi connectivity index (χ1) is 12.4. The molecule has 1 atom stereocenters. The van der Waals surface area contributed by atoms with Gasteiger partial charge < -0.3 is 14.6 Å². The van der Waals surface area contributed by atoms with Crippen molar-refractivity contribution in [1.29, 1.82) is 0 Å². The summed E-state index contributed by atoms with van der Waals surface area (Å²) in [6.45, 7) is 5.36. The molecule has 7 nitrogen and oxygen atoms in total. The normalized spacial score (nSPS) is 12.1. The van der Waals surface area contributed by atoms with Crippen molar-refractivity contribution in [1.82, 2.24) is 4.90 Å². The fourth-order valence-electron chi connectivity index (χ4n) is 2.04. The van der Waals surface area contributed by atoms with Gasteiger partial charge in [-0.2, -0.15) is 0 Å². The van der Waals surface area contributed by atoms with Crippen molar-refractivity contribution >= 4 is 23.8 Å². The number of nitrogens with zero attached hydrogens (tertiary/aromatic N) is 1. The topological polar surface area (TPSA) is 104 Å². The van der Waals surface area contributed by atoms with Gasteiger partial charge in [0.05, 0.1) is 6.26 Å². The number of aliphatic carboxylic acids is 1. The molecule has 0 bridgehead atoms. The Morgan fingerprint density at radius 3 is 1.81 bits per heavy atom. The van der Waals surface area contributed by atoms with Gasteiger partial charge in [0.25, 0.3) is 0 Å². The van der Waals surface area contributed by atoms with Crippen molar-refractivity contribution in [3.8, 4) is 0 Å². The molecule has 0 radical (unpaired) electrons. The predicted octanol–water partition coefficient (Wildman–Crippen LogP) is -1.36. The van der Waals surface area contributed by atoms with Crippen molar-refractivity contribution in [2.75, 3.05) is 0 Å². The van der Waals surface area contributed by atoms with Crippen molar-refractivity contribution in [2.24, 2.45) is 0 Å². The Balaban J connectivity index is 0. The van der Waals surface area contributed by atoms with E-state index in [1.807, 2.05) is 13.8 Å². The number of hydrogen-bond acceptors (Lipinski definition) is 6. The van der Waals surface area contributed by atoms with Gasteiger partial charge in [-0.05, 0) is 19.8 Å². The molecule has 27 heavy (non-hydrogen) atoms. The first-order valence-corrected chi connectivity index (χ1v) is 8.55. The third kappa shape index (κ3) is 11.6. The summed E-state index contributed by atoms with van der Waals surface area (Å²) in [6, 6.07) is -1.58. The molecule has 8 heteroatoms. The molecule has 0 rings (SSSR count). The third-order valence-electron chi connectivity index (χ3n) is 3.19. The van der Waals surface area contributed by atoms with E-state index in [1.54, 1.807) is 31.2 Å². The molecule has 2 amide bonds. The fourth-order valence-corrected chi connectivity index (χ4v) is 2.04. The number of esters is 1. The number of imide groups is 1. The molecule has 0 aliphatic heterocycles. The van der Waals surface area contributed by atoms with Crippen molar-refractivity contribution in [3.05, 3.63) is 36.6 Å². The molecule has 0 aromatic heterocycles. The monoisotopic (exact) mass is 387 g/mol. The molecule has 0 saturated heterocycles. The number of rotatable bonds is 11. The minimum Gasteiger partial charge on any atom is -0.550 e. The van der Waals surface area contributed by atoms with Crippen LogP contribution < -0.4 is 34.7 Å². The molecular weight excluding hydrogens is 361 g/mol. The van der Waals surface area contributed by atoms with Crippen LogP contribution >= 0.6 is 0 Å². The van der Waals surface area contributed by atoms with Gasteiger partial charge in [0.15, 0.2) is 0 Å². The van der Waals surface area contributed by atoms with Crippen LogP contribution in [-0.4, -0.2) is 34.7 Å². The first kappa shape index (κ1) is 27.5. The number of hydrogen-bond donors (Lipinski definition) is 0. The van der Waals surface area contributed by atoms with Crippen LogP contribution in [0.25, 0.3) is 0 Å². The van der Waals surface area contributed by atoms with Crippen molar-refractivity contribution in [3.63, 3.8) is 0 Å². The molecule has 0 aliphatic rings. The average Bonchev–Trinajstić information content (AvgIpc) is 2.59. The molecular formula is C19H26NNaO6. The minimum atomic E-state index is -1.58. The first-order valence-electron chi connectivity index (χ1n) is 8.55. The molecule has 0 aromatic rings. The van der Waals surface area contributed by atoms with Gasteiger partial charge in [0.2, 0.25) is 11.8 Å². The predicted molar refractivity (Wildman–Crippen MR) is 94.3 cm³/mol. The van der Waals surface area contributed by atoms with E-state index >= 15 is 0 Å². The number of carbonyl (C=O) groups excluding carboxylic acids is 4. The molecule has 0 heterocycles. The maximum atomic E-state index is 12.5. The van der Waals surface area contributed by atoms with E-state index in [4.69, 9.17) is 4.74 Å². The summed E-state index contributed by atoms with van der Waals surface area (Å²) in [5, 5.41) is 11.0.